The summed E-state index contributed by atoms with van der Waals surface area (Å²) >= 11 is 1.31. The Labute approximate surface area is 116 Å². The molecular formula is C13H17NO4S. The summed E-state index contributed by atoms with van der Waals surface area (Å²) in [5.74, 6) is 0.862. The van der Waals surface area contributed by atoms with Crippen LogP contribution in [0.1, 0.15) is 12.5 Å². The molecule has 5 nitrogen and oxygen atoms in total. The first-order chi connectivity index (χ1) is 9.01. The summed E-state index contributed by atoms with van der Waals surface area (Å²) in [5.41, 5.74) is 1.37. The average molecular weight is 283 g/mol. The second kappa shape index (κ2) is 4.94. The minimum atomic E-state index is -1.01. The topological polar surface area (TPSA) is 67.8 Å². The number of nitrogens with one attached hydrogen (secondary N) is 1. The van der Waals surface area contributed by atoms with Crippen molar-refractivity contribution >= 4 is 23.4 Å². The SMILES string of the molecule is COc1cc2c(cc1OC)C(SC)(C(C)O)C(=O)N2. The molecular weight excluding hydrogens is 266 g/mol. The third-order valence-electron chi connectivity index (χ3n) is 3.42. The summed E-state index contributed by atoms with van der Waals surface area (Å²) in [7, 11) is 3.08. The predicted molar refractivity (Wildman–Crippen MR) is 75.0 cm³/mol. The summed E-state index contributed by atoms with van der Waals surface area (Å²) in [6, 6.07) is 3.46. The summed E-state index contributed by atoms with van der Waals surface area (Å²) in [6.07, 6.45) is 0.986. The molecule has 1 aliphatic heterocycles. The van der Waals surface area contributed by atoms with E-state index in [0.717, 1.165) is 5.56 Å². The molecule has 2 unspecified atom stereocenters. The fourth-order valence-corrected chi connectivity index (χ4v) is 3.38. The molecule has 0 bridgehead atoms. The third-order valence-corrected chi connectivity index (χ3v) is 4.81. The highest BCUT2D eigenvalue weighted by atomic mass is 32.2. The van der Waals surface area contributed by atoms with Crippen LogP contribution >= 0.6 is 11.8 Å². The number of rotatable bonds is 4. The maximum Gasteiger partial charge on any atom is 0.247 e. The van der Waals surface area contributed by atoms with E-state index in [9.17, 15) is 9.90 Å². The molecule has 2 N–H and O–H groups in total. The molecule has 2 rings (SSSR count). The Bertz CT molecular complexity index is 518. The molecule has 0 radical (unpaired) electrons. The first-order valence-electron chi connectivity index (χ1n) is 5.82. The molecule has 2 atom stereocenters. The maximum absolute atomic E-state index is 12.3. The highest BCUT2D eigenvalue weighted by Gasteiger charge is 2.50. The number of aliphatic hydroxyl groups is 1. The smallest absolute Gasteiger partial charge is 0.247 e. The molecule has 0 saturated heterocycles. The van der Waals surface area contributed by atoms with Crippen LogP contribution in [0.25, 0.3) is 0 Å². The van der Waals surface area contributed by atoms with E-state index in [4.69, 9.17) is 9.47 Å². The van der Waals surface area contributed by atoms with Gasteiger partial charge in [-0.2, -0.15) is 0 Å². The zero-order chi connectivity index (χ0) is 14.2. The Morgan fingerprint density at radius 3 is 2.37 bits per heavy atom. The normalized spacial score (nSPS) is 22.7. The molecule has 1 heterocycles. The van der Waals surface area contributed by atoms with Gasteiger partial charge in [0.2, 0.25) is 5.91 Å². The van der Waals surface area contributed by atoms with Crippen molar-refractivity contribution in [3.8, 4) is 11.5 Å². The molecule has 1 amide bonds. The van der Waals surface area contributed by atoms with Gasteiger partial charge < -0.3 is 19.9 Å². The van der Waals surface area contributed by atoms with Crippen LogP contribution in [0.3, 0.4) is 0 Å². The summed E-state index contributed by atoms with van der Waals surface area (Å²) in [6.45, 7) is 1.61. The molecule has 0 aliphatic carbocycles. The molecule has 1 aromatic rings. The summed E-state index contributed by atoms with van der Waals surface area (Å²) < 4.78 is 9.47. The standard InChI is InChI=1S/C13H17NO4S/c1-7(15)13(19-4)8-5-10(17-2)11(18-3)6-9(8)14-12(13)16/h5-7,15H,1-4H3,(H,14,16). The van der Waals surface area contributed by atoms with E-state index >= 15 is 0 Å². The van der Waals surface area contributed by atoms with E-state index in [-0.39, 0.29) is 5.91 Å². The van der Waals surface area contributed by atoms with E-state index in [1.165, 1.54) is 26.0 Å². The summed E-state index contributed by atoms with van der Waals surface area (Å²) in [4.78, 5) is 12.3. The molecule has 0 saturated carbocycles. The molecule has 6 heteroatoms. The number of amides is 1. The number of fused-ring (bicyclic) bond motifs is 1. The molecule has 0 aromatic heterocycles. The maximum atomic E-state index is 12.3. The fraction of sp³-hybridized carbons (Fsp3) is 0.462. The monoisotopic (exact) mass is 283 g/mol. The minimum Gasteiger partial charge on any atom is -0.493 e. The number of aliphatic hydroxyl groups excluding tert-OH is 1. The molecule has 0 fully saturated rings. The highest BCUT2D eigenvalue weighted by Crippen LogP contribution is 2.50. The lowest BCUT2D eigenvalue weighted by Gasteiger charge is -2.28. The van der Waals surface area contributed by atoms with Gasteiger partial charge in [0.25, 0.3) is 0 Å². The first-order valence-corrected chi connectivity index (χ1v) is 7.04. The second-order valence-electron chi connectivity index (χ2n) is 4.32. The van der Waals surface area contributed by atoms with Gasteiger partial charge in [-0.15, -0.1) is 11.8 Å². The van der Waals surface area contributed by atoms with Crippen LogP contribution in [0, 0.1) is 0 Å². The number of methoxy groups -OCH3 is 2. The Morgan fingerprint density at radius 2 is 1.89 bits per heavy atom. The third kappa shape index (κ3) is 1.86. The van der Waals surface area contributed by atoms with Crippen LogP contribution in [0.2, 0.25) is 0 Å². The zero-order valence-corrected chi connectivity index (χ0v) is 12.1. The highest BCUT2D eigenvalue weighted by molar-refractivity contribution is 8.00. The lowest BCUT2D eigenvalue weighted by atomic mass is 9.94. The van der Waals surface area contributed by atoms with Crippen molar-refractivity contribution in [1.29, 1.82) is 0 Å². The van der Waals surface area contributed by atoms with Crippen molar-refractivity contribution in [3.05, 3.63) is 17.7 Å². The number of ether oxygens (including phenoxy) is 2. The van der Waals surface area contributed by atoms with Crippen LogP contribution in [0.5, 0.6) is 11.5 Å². The average Bonchev–Trinajstić information content (AvgIpc) is 2.68. The van der Waals surface area contributed by atoms with Crippen LogP contribution in [-0.2, 0) is 9.54 Å². The van der Waals surface area contributed by atoms with Crippen molar-refractivity contribution in [2.24, 2.45) is 0 Å². The fourth-order valence-electron chi connectivity index (χ4n) is 2.42. The zero-order valence-electron chi connectivity index (χ0n) is 11.3. The first kappa shape index (κ1) is 14.0. The van der Waals surface area contributed by atoms with Crippen molar-refractivity contribution < 1.29 is 19.4 Å². The molecule has 0 spiro atoms. The van der Waals surface area contributed by atoms with Gasteiger partial charge in [-0.3, -0.25) is 4.79 Å². The van der Waals surface area contributed by atoms with Gasteiger partial charge in [0.05, 0.1) is 20.3 Å². The van der Waals surface area contributed by atoms with Crippen molar-refractivity contribution in [2.75, 3.05) is 25.8 Å². The van der Waals surface area contributed by atoms with Gasteiger partial charge in [-0.25, -0.2) is 0 Å². The molecule has 1 aromatic carbocycles. The van der Waals surface area contributed by atoms with Crippen LogP contribution in [0.15, 0.2) is 12.1 Å². The van der Waals surface area contributed by atoms with Crippen LogP contribution in [-0.4, -0.2) is 37.6 Å². The number of hydrogen-bond acceptors (Lipinski definition) is 5. The van der Waals surface area contributed by atoms with Gasteiger partial charge in [-0.05, 0) is 19.2 Å². The molecule has 104 valence electrons. The van der Waals surface area contributed by atoms with Crippen molar-refractivity contribution in [3.63, 3.8) is 0 Å². The Hall–Kier alpha value is -1.40. The molecule has 19 heavy (non-hydrogen) atoms. The van der Waals surface area contributed by atoms with Gasteiger partial charge in [0.15, 0.2) is 11.5 Å². The van der Waals surface area contributed by atoms with Crippen molar-refractivity contribution in [2.45, 2.75) is 17.8 Å². The quantitative estimate of drug-likeness (QED) is 0.878. The number of benzene rings is 1. The number of thioether (sulfide) groups is 1. The van der Waals surface area contributed by atoms with E-state index in [1.807, 2.05) is 0 Å². The van der Waals surface area contributed by atoms with Crippen LogP contribution in [0.4, 0.5) is 5.69 Å². The Morgan fingerprint density at radius 1 is 1.32 bits per heavy atom. The predicted octanol–water partition coefficient (Wildman–Crippen LogP) is 1.59. The number of carbonyl (C=O) groups is 1. The molecule has 1 aliphatic rings. The van der Waals surface area contributed by atoms with E-state index in [2.05, 4.69) is 5.32 Å². The Balaban J connectivity index is 2.66. The number of anilines is 1. The van der Waals surface area contributed by atoms with E-state index in [0.29, 0.717) is 17.2 Å². The van der Waals surface area contributed by atoms with Gasteiger partial charge in [0.1, 0.15) is 4.75 Å². The lowest BCUT2D eigenvalue weighted by molar-refractivity contribution is -0.120. The van der Waals surface area contributed by atoms with Gasteiger partial charge in [0, 0.05) is 17.3 Å². The number of carbonyl (C=O) groups excluding carboxylic acids is 1. The Kier molecular flexibility index (Phi) is 3.64. The van der Waals surface area contributed by atoms with E-state index in [1.54, 1.807) is 25.3 Å². The summed E-state index contributed by atoms with van der Waals surface area (Å²) in [5, 5.41) is 12.8. The van der Waals surface area contributed by atoms with Gasteiger partial charge >= 0.3 is 0 Å². The second-order valence-corrected chi connectivity index (χ2v) is 5.37. The number of hydrogen-bond donors (Lipinski definition) is 2. The van der Waals surface area contributed by atoms with Gasteiger partial charge in [-0.1, -0.05) is 0 Å². The minimum absolute atomic E-state index is 0.222. The van der Waals surface area contributed by atoms with Crippen LogP contribution < -0.4 is 14.8 Å². The lowest BCUT2D eigenvalue weighted by Crippen LogP contribution is -2.40. The van der Waals surface area contributed by atoms with E-state index < -0.39 is 10.9 Å². The largest absolute Gasteiger partial charge is 0.493 e. The van der Waals surface area contributed by atoms with Crippen molar-refractivity contribution in [1.82, 2.24) is 0 Å².